The van der Waals surface area contributed by atoms with E-state index in [0.29, 0.717) is 5.56 Å². The molecule has 142 valence electrons. The lowest BCUT2D eigenvalue weighted by atomic mass is 10.0. The molecule has 5 heteroatoms. The van der Waals surface area contributed by atoms with Crippen molar-refractivity contribution in [3.8, 4) is 0 Å². The molecule has 0 fully saturated rings. The van der Waals surface area contributed by atoms with Gasteiger partial charge in [0.15, 0.2) is 11.4 Å². The normalized spacial score (nSPS) is 11.6. The van der Waals surface area contributed by atoms with Gasteiger partial charge in [-0.05, 0) is 61.4 Å². The monoisotopic (exact) mass is 443 g/mol. The molecule has 4 nitrogen and oxygen atoms in total. The van der Waals surface area contributed by atoms with Gasteiger partial charge in [0, 0.05) is 15.4 Å². The van der Waals surface area contributed by atoms with E-state index in [2.05, 4.69) is 22.9 Å². The second kappa shape index (κ2) is 6.78. The Balaban J connectivity index is 1.73. The van der Waals surface area contributed by atoms with Crippen LogP contribution < -0.4 is 0 Å². The van der Waals surface area contributed by atoms with Crippen molar-refractivity contribution >= 4 is 54.8 Å². The summed E-state index contributed by atoms with van der Waals surface area (Å²) in [5, 5.41) is 0.987. The Morgan fingerprint density at radius 1 is 0.931 bits per heavy atom. The molecule has 2 heterocycles. The summed E-state index contributed by atoms with van der Waals surface area (Å²) in [6, 6.07) is 19.7. The molecule has 0 saturated heterocycles. The Morgan fingerprint density at radius 2 is 1.69 bits per heavy atom. The zero-order chi connectivity index (χ0) is 20.1. The lowest BCUT2D eigenvalue weighted by Crippen LogP contribution is -2.11. The van der Waals surface area contributed by atoms with Crippen molar-refractivity contribution in [3.63, 3.8) is 0 Å². The zero-order valence-corrected chi connectivity index (χ0v) is 17.7. The first-order valence-corrected chi connectivity index (χ1v) is 10.3. The van der Waals surface area contributed by atoms with Crippen LogP contribution >= 0.6 is 15.9 Å². The predicted molar refractivity (Wildman–Crippen MR) is 120 cm³/mol. The Bertz CT molecular complexity index is 1440. The molecule has 0 unspecified atom stereocenters. The van der Waals surface area contributed by atoms with Crippen LogP contribution in [0.2, 0.25) is 0 Å². The molecule has 0 radical (unpaired) electrons. The van der Waals surface area contributed by atoms with Gasteiger partial charge in [-0.2, -0.15) is 0 Å². The second-order valence-corrected chi connectivity index (χ2v) is 8.27. The molecular formula is C24H18BrN3O. The quantitative estimate of drug-likeness (QED) is 0.321. The van der Waals surface area contributed by atoms with Crippen LogP contribution in [0.15, 0.2) is 65.1 Å². The molecule has 5 aromatic rings. The number of halogens is 1. The molecule has 2 aromatic heterocycles. The van der Waals surface area contributed by atoms with Gasteiger partial charge in [0.2, 0.25) is 0 Å². The number of Topliss-reactive ketones (excluding diaryl/α,β-unsaturated/α-hetero) is 1. The second-order valence-electron chi connectivity index (χ2n) is 7.35. The molecule has 0 atom stereocenters. The molecule has 0 N–H and O–H groups in total. The van der Waals surface area contributed by atoms with E-state index < -0.39 is 0 Å². The van der Waals surface area contributed by atoms with Crippen LogP contribution in [0.5, 0.6) is 0 Å². The third-order valence-electron chi connectivity index (χ3n) is 5.44. The number of aromatic nitrogens is 3. The lowest BCUT2D eigenvalue weighted by Gasteiger charge is -2.08. The fraction of sp³-hybridized carbons (Fsp3) is 0.125. The Hall–Kier alpha value is -3.05. The van der Waals surface area contributed by atoms with Gasteiger partial charge in [0.1, 0.15) is 5.52 Å². The van der Waals surface area contributed by atoms with Crippen LogP contribution in [0.3, 0.4) is 0 Å². The maximum absolute atomic E-state index is 13.1. The average molecular weight is 444 g/mol. The SMILES string of the molecule is Cc1ccc(C(=O)Cn2c3ccc(Br)cc3c3nc4ccccc4nc32)cc1C. The summed E-state index contributed by atoms with van der Waals surface area (Å²) in [4.78, 5) is 22.8. The van der Waals surface area contributed by atoms with Gasteiger partial charge in [-0.1, -0.05) is 40.2 Å². The number of nitrogens with zero attached hydrogens (tertiary/aromatic N) is 3. The molecule has 29 heavy (non-hydrogen) atoms. The summed E-state index contributed by atoms with van der Waals surface area (Å²) in [7, 11) is 0. The van der Waals surface area contributed by atoms with Crippen LogP contribution in [-0.4, -0.2) is 20.3 Å². The standard InChI is InChI=1S/C24H18BrN3O/c1-14-7-8-16(11-15(14)2)22(29)13-28-21-10-9-17(25)12-18(21)23-24(28)27-20-6-4-3-5-19(20)26-23/h3-12H,13H2,1-2H3. The van der Waals surface area contributed by atoms with E-state index in [4.69, 9.17) is 9.97 Å². The molecule has 0 aliphatic heterocycles. The van der Waals surface area contributed by atoms with E-state index in [1.165, 1.54) is 5.56 Å². The Kier molecular flexibility index (Phi) is 4.21. The van der Waals surface area contributed by atoms with E-state index in [1.54, 1.807) is 0 Å². The van der Waals surface area contributed by atoms with E-state index in [-0.39, 0.29) is 12.3 Å². The average Bonchev–Trinajstić information content (AvgIpc) is 3.00. The third-order valence-corrected chi connectivity index (χ3v) is 5.94. The van der Waals surface area contributed by atoms with E-state index in [9.17, 15) is 4.79 Å². The van der Waals surface area contributed by atoms with Gasteiger partial charge >= 0.3 is 0 Å². The van der Waals surface area contributed by atoms with Gasteiger partial charge < -0.3 is 4.57 Å². The van der Waals surface area contributed by atoms with Crippen LogP contribution in [0.25, 0.3) is 33.1 Å². The molecule has 0 aliphatic carbocycles. The minimum atomic E-state index is 0.0600. The number of hydrogen-bond acceptors (Lipinski definition) is 3. The van der Waals surface area contributed by atoms with Gasteiger partial charge in [0.25, 0.3) is 0 Å². The highest BCUT2D eigenvalue weighted by Gasteiger charge is 2.18. The molecule has 0 aliphatic rings. The summed E-state index contributed by atoms with van der Waals surface area (Å²) >= 11 is 3.56. The number of aryl methyl sites for hydroxylation is 2. The highest BCUT2D eigenvalue weighted by molar-refractivity contribution is 9.10. The topological polar surface area (TPSA) is 47.8 Å². The molecule has 0 spiro atoms. The van der Waals surface area contributed by atoms with Gasteiger partial charge in [-0.15, -0.1) is 0 Å². The van der Waals surface area contributed by atoms with Crippen molar-refractivity contribution in [2.24, 2.45) is 0 Å². The third kappa shape index (κ3) is 3.02. The molecule has 5 rings (SSSR count). The molecular weight excluding hydrogens is 426 g/mol. The van der Waals surface area contributed by atoms with Crippen molar-refractivity contribution in [1.82, 2.24) is 14.5 Å². The number of hydrogen-bond donors (Lipinski definition) is 0. The van der Waals surface area contributed by atoms with Crippen molar-refractivity contribution in [2.45, 2.75) is 20.4 Å². The Morgan fingerprint density at radius 3 is 2.45 bits per heavy atom. The van der Waals surface area contributed by atoms with Crippen LogP contribution in [0.4, 0.5) is 0 Å². The van der Waals surface area contributed by atoms with Gasteiger partial charge in [-0.3, -0.25) is 4.79 Å². The van der Waals surface area contributed by atoms with E-state index in [1.807, 2.05) is 72.2 Å². The lowest BCUT2D eigenvalue weighted by molar-refractivity contribution is 0.0974. The number of rotatable bonds is 3. The fourth-order valence-electron chi connectivity index (χ4n) is 3.72. The highest BCUT2D eigenvalue weighted by atomic mass is 79.9. The summed E-state index contributed by atoms with van der Waals surface area (Å²) in [6.45, 7) is 4.30. The zero-order valence-electron chi connectivity index (χ0n) is 16.1. The first-order valence-electron chi connectivity index (χ1n) is 9.46. The summed E-state index contributed by atoms with van der Waals surface area (Å²) in [5.41, 5.74) is 7.18. The molecule has 0 saturated carbocycles. The van der Waals surface area contributed by atoms with Crippen LogP contribution in [-0.2, 0) is 6.54 Å². The smallest absolute Gasteiger partial charge is 0.182 e. The summed E-state index contributed by atoms with van der Waals surface area (Å²) in [6.07, 6.45) is 0. The first kappa shape index (κ1) is 18.0. The number of para-hydroxylation sites is 2. The van der Waals surface area contributed by atoms with Crippen molar-refractivity contribution in [2.75, 3.05) is 0 Å². The van der Waals surface area contributed by atoms with Crippen LogP contribution in [0, 0.1) is 13.8 Å². The maximum Gasteiger partial charge on any atom is 0.182 e. The van der Waals surface area contributed by atoms with Gasteiger partial charge in [-0.25, -0.2) is 9.97 Å². The van der Waals surface area contributed by atoms with E-state index in [0.717, 1.165) is 43.1 Å². The largest absolute Gasteiger partial charge is 0.316 e. The van der Waals surface area contributed by atoms with Gasteiger partial charge in [0.05, 0.1) is 23.1 Å². The summed E-state index contributed by atoms with van der Waals surface area (Å²) in [5.74, 6) is 0.0600. The minimum absolute atomic E-state index is 0.0600. The highest BCUT2D eigenvalue weighted by Crippen LogP contribution is 2.30. The molecule has 0 amide bonds. The van der Waals surface area contributed by atoms with E-state index >= 15 is 0 Å². The first-order chi connectivity index (χ1) is 14.0. The number of ketones is 1. The number of benzene rings is 3. The minimum Gasteiger partial charge on any atom is -0.316 e. The Labute approximate surface area is 176 Å². The van der Waals surface area contributed by atoms with Crippen molar-refractivity contribution < 1.29 is 4.79 Å². The fourth-order valence-corrected chi connectivity index (χ4v) is 4.08. The van der Waals surface area contributed by atoms with Crippen molar-refractivity contribution in [1.29, 1.82) is 0 Å². The maximum atomic E-state index is 13.1. The number of carbonyl (C=O) groups excluding carboxylic acids is 1. The van der Waals surface area contributed by atoms with Crippen molar-refractivity contribution in [3.05, 3.63) is 81.8 Å². The van der Waals surface area contributed by atoms with Crippen LogP contribution in [0.1, 0.15) is 21.5 Å². The number of carbonyl (C=O) groups is 1. The summed E-state index contributed by atoms with van der Waals surface area (Å²) < 4.78 is 2.95. The molecule has 0 bridgehead atoms. The number of fused-ring (bicyclic) bond motifs is 4. The predicted octanol–water partition coefficient (Wildman–Crippen LogP) is 6.00. The molecule has 3 aromatic carbocycles.